The molecule has 0 radical (unpaired) electrons. The van der Waals surface area contributed by atoms with E-state index in [9.17, 15) is 13.2 Å². The molecule has 1 heterocycles. The van der Waals surface area contributed by atoms with E-state index in [2.05, 4.69) is 15.3 Å². The molecule has 1 aromatic heterocycles. The first kappa shape index (κ1) is 15.5. The van der Waals surface area contributed by atoms with Gasteiger partial charge in [-0.1, -0.05) is 6.92 Å². The molecular weight excluding hydrogens is 257 g/mol. The number of halogens is 3. The zero-order valence-corrected chi connectivity index (χ0v) is 11.6. The van der Waals surface area contributed by atoms with Gasteiger partial charge in [0, 0.05) is 19.2 Å². The van der Waals surface area contributed by atoms with E-state index in [1.807, 2.05) is 6.92 Å². The largest absolute Gasteiger partial charge is 0.405 e. The summed E-state index contributed by atoms with van der Waals surface area (Å²) in [5.74, 6) is 1.36. The third-order valence-electron chi connectivity index (χ3n) is 2.55. The minimum absolute atomic E-state index is 0.309. The first-order chi connectivity index (χ1) is 8.74. The number of hydrogen-bond donors (Lipinski definition) is 1. The van der Waals surface area contributed by atoms with Gasteiger partial charge in [-0.2, -0.15) is 13.2 Å². The number of rotatable bonds is 5. The highest BCUT2D eigenvalue weighted by atomic mass is 19.4. The zero-order valence-electron chi connectivity index (χ0n) is 11.6. The van der Waals surface area contributed by atoms with Crippen molar-refractivity contribution >= 4 is 11.6 Å². The molecule has 7 heteroatoms. The summed E-state index contributed by atoms with van der Waals surface area (Å²) in [7, 11) is 1.38. The number of aromatic nitrogens is 2. The second-order valence-electron chi connectivity index (χ2n) is 4.47. The fraction of sp³-hybridized carbons (Fsp3) is 0.667. The van der Waals surface area contributed by atoms with Crippen molar-refractivity contribution in [1.82, 2.24) is 9.97 Å². The van der Waals surface area contributed by atoms with Crippen molar-refractivity contribution < 1.29 is 13.2 Å². The van der Waals surface area contributed by atoms with E-state index in [0.29, 0.717) is 23.0 Å². The van der Waals surface area contributed by atoms with Crippen molar-refractivity contribution in [3.8, 4) is 0 Å². The molecule has 0 aromatic carbocycles. The van der Waals surface area contributed by atoms with Gasteiger partial charge in [-0.15, -0.1) is 0 Å². The van der Waals surface area contributed by atoms with Gasteiger partial charge >= 0.3 is 6.18 Å². The topological polar surface area (TPSA) is 41.1 Å². The molecule has 1 rings (SSSR count). The lowest BCUT2D eigenvalue weighted by molar-refractivity contribution is -0.119. The van der Waals surface area contributed by atoms with Gasteiger partial charge in [-0.3, -0.25) is 0 Å². The van der Waals surface area contributed by atoms with Crippen LogP contribution in [0.15, 0.2) is 0 Å². The van der Waals surface area contributed by atoms with E-state index in [0.717, 1.165) is 17.9 Å². The van der Waals surface area contributed by atoms with Gasteiger partial charge in [-0.05, 0) is 20.3 Å². The molecule has 1 aromatic rings. The highest BCUT2D eigenvalue weighted by Crippen LogP contribution is 2.25. The minimum Gasteiger partial charge on any atom is -0.370 e. The molecule has 0 aliphatic heterocycles. The van der Waals surface area contributed by atoms with Crippen molar-refractivity contribution in [2.75, 3.05) is 30.4 Å². The first-order valence-electron chi connectivity index (χ1n) is 6.11. The average molecular weight is 276 g/mol. The summed E-state index contributed by atoms with van der Waals surface area (Å²) >= 11 is 0. The van der Waals surface area contributed by atoms with Gasteiger partial charge in [0.1, 0.15) is 24.0 Å². The number of alkyl halides is 3. The predicted octanol–water partition coefficient (Wildman–Crippen LogP) is 2.91. The van der Waals surface area contributed by atoms with Crippen LogP contribution in [0.3, 0.4) is 0 Å². The maximum atomic E-state index is 12.4. The Morgan fingerprint density at radius 3 is 2.37 bits per heavy atom. The standard InChI is InChI=1S/C12H19F3N4/c1-5-6-16-10-8(2)11(18-9(3)17-10)19(4)7-12(13,14)15/h5-7H2,1-4H3,(H,16,17,18). The Kier molecular flexibility index (Phi) is 4.97. The Hall–Kier alpha value is -1.53. The lowest BCUT2D eigenvalue weighted by atomic mass is 10.2. The molecule has 0 saturated heterocycles. The molecule has 1 N–H and O–H groups in total. The Bertz CT molecular complexity index is 432. The number of aryl methyl sites for hydroxylation is 1. The molecule has 0 unspecified atom stereocenters. The van der Waals surface area contributed by atoms with Crippen LogP contribution >= 0.6 is 0 Å². The fourth-order valence-electron chi connectivity index (χ4n) is 1.74. The molecular formula is C12H19F3N4. The number of nitrogens with one attached hydrogen (secondary N) is 1. The summed E-state index contributed by atoms with van der Waals surface area (Å²) in [6.45, 7) is 5.09. The van der Waals surface area contributed by atoms with E-state index in [1.165, 1.54) is 7.05 Å². The SMILES string of the molecule is CCCNc1nc(C)nc(N(C)CC(F)(F)F)c1C. The van der Waals surface area contributed by atoms with E-state index >= 15 is 0 Å². The third-order valence-corrected chi connectivity index (χ3v) is 2.55. The van der Waals surface area contributed by atoms with Crippen LogP contribution in [0.4, 0.5) is 24.8 Å². The molecule has 0 atom stereocenters. The second-order valence-corrected chi connectivity index (χ2v) is 4.47. The van der Waals surface area contributed by atoms with Crippen LogP contribution < -0.4 is 10.2 Å². The van der Waals surface area contributed by atoms with E-state index in [1.54, 1.807) is 13.8 Å². The molecule has 0 saturated carbocycles. The van der Waals surface area contributed by atoms with Gasteiger partial charge in [0.25, 0.3) is 0 Å². The van der Waals surface area contributed by atoms with Crippen molar-refractivity contribution in [3.63, 3.8) is 0 Å². The molecule has 0 fully saturated rings. The zero-order chi connectivity index (χ0) is 14.6. The molecule has 0 aliphatic rings. The van der Waals surface area contributed by atoms with Crippen LogP contribution in [-0.4, -0.2) is 36.3 Å². The van der Waals surface area contributed by atoms with Gasteiger partial charge in [-0.25, -0.2) is 9.97 Å². The first-order valence-corrected chi connectivity index (χ1v) is 6.11. The smallest absolute Gasteiger partial charge is 0.370 e. The summed E-state index contributed by atoms with van der Waals surface area (Å²) in [4.78, 5) is 9.42. The predicted molar refractivity (Wildman–Crippen MR) is 69.6 cm³/mol. The molecule has 0 spiro atoms. The van der Waals surface area contributed by atoms with Crippen LogP contribution in [0.5, 0.6) is 0 Å². The van der Waals surface area contributed by atoms with E-state index in [4.69, 9.17) is 0 Å². The molecule has 108 valence electrons. The summed E-state index contributed by atoms with van der Waals surface area (Å²) < 4.78 is 37.3. The van der Waals surface area contributed by atoms with E-state index < -0.39 is 12.7 Å². The van der Waals surface area contributed by atoms with Crippen LogP contribution in [0.1, 0.15) is 24.7 Å². The summed E-state index contributed by atoms with van der Waals surface area (Å²) in [6.07, 6.45) is -3.34. The van der Waals surface area contributed by atoms with Gasteiger partial charge < -0.3 is 10.2 Å². The second kappa shape index (κ2) is 6.08. The number of nitrogens with zero attached hydrogens (tertiary/aromatic N) is 3. The lowest BCUT2D eigenvalue weighted by Crippen LogP contribution is -2.32. The average Bonchev–Trinajstić information content (AvgIpc) is 2.27. The molecule has 19 heavy (non-hydrogen) atoms. The monoisotopic (exact) mass is 276 g/mol. The maximum absolute atomic E-state index is 12.4. The lowest BCUT2D eigenvalue weighted by Gasteiger charge is -2.23. The van der Waals surface area contributed by atoms with Crippen molar-refractivity contribution in [3.05, 3.63) is 11.4 Å². The summed E-state index contributed by atoms with van der Waals surface area (Å²) in [5, 5.41) is 3.10. The van der Waals surface area contributed by atoms with Crippen LogP contribution in [0, 0.1) is 13.8 Å². The molecule has 0 bridgehead atoms. The Morgan fingerprint density at radius 1 is 1.21 bits per heavy atom. The van der Waals surface area contributed by atoms with Crippen molar-refractivity contribution in [1.29, 1.82) is 0 Å². The van der Waals surface area contributed by atoms with Crippen molar-refractivity contribution in [2.24, 2.45) is 0 Å². The highest BCUT2D eigenvalue weighted by Gasteiger charge is 2.30. The molecule has 4 nitrogen and oxygen atoms in total. The number of anilines is 2. The fourth-order valence-corrected chi connectivity index (χ4v) is 1.74. The third kappa shape index (κ3) is 4.57. The van der Waals surface area contributed by atoms with Crippen molar-refractivity contribution in [2.45, 2.75) is 33.4 Å². The Labute approximate surface area is 111 Å². The molecule has 0 aliphatic carbocycles. The highest BCUT2D eigenvalue weighted by molar-refractivity contribution is 5.58. The Morgan fingerprint density at radius 2 is 1.84 bits per heavy atom. The van der Waals surface area contributed by atoms with Gasteiger partial charge in [0.15, 0.2) is 0 Å². The maximum Gasteiger partial charge on any atom is 0.405 e. The van der Waals surface area contributed by atoms with Crippen LogP contribution in [0.25, 0.3) is 0 Å². The normalized spacial score (nSPS) is 11.5. The van der Waals surface area contributed by atoms with Crippen LogP contribution in [0.2, 0.25) is 0 Å². The Balaban J connectivity index is 3.03. The van der Waals surface area contributed by atoms with Gasteiger partial charge in [0.05, 0.1) is 0 Å². The van der Waals surface area contributed by atoms with Gasteiger partial charge in [0.2, 0.25) is 0 Å². The summed E-state index contributed by atoms with van der Waals surface area (Å²) in [5.41, 5.74) is 0.630. The quantitative estimate of drug-likeness (QED) is 0.897. The summed E-state index contributed by atoms with van der Waals surface area (Å²) in [6, 6.07) is 0. The van der Waals surface area contributed by atoms with Crippen LogP contribution in [-0.2, 0) is 0 Å². The minimum atomic E-state index is -4.25. The van der Waals surface area contributed by atoms with E-state index in [-0.39, 0.29) is 0 Å². The number of hydrogen-bond acceptors (Lipinski definition) is 4. The molecule has 0 amide bonds.